The van der Waals surface area contributed by atoms with Crippen LogP contribution in [0.2, 0.25) is 0 Å². The molecule has 2 amide bonds. The second-order valence-electron chi connectivity index (χ2n) is 5.89. The summed E-state index contributed by atoms with van der Waals surface area (Å²) >= 11 is 0. The second-order valence-corrected chi connectivity index (χ2v) is 5.89. The number of aromatic nitrogens is 1. The minimum Gasteiger partial charge on any atom is -0.353 e. The quantitative estimate of drug-likeness (QED) is 0.790. The van der Waals surface area contributed by atoms with Gasteiger partial charge in [0.1, 0.15) is 0 Å². The summed E-state index contributed by atoms with van der Waals surface area (Å²) in [7, 11) is 1.89. The van der Waals surface area contributed by atoms with Gasteiger partial charge >= 0.3 is 12.2 Å². The van der Waals surface area contributed by atoms with E-state index in [1.165, 1.54) is 12.1 Å². The first-order valence-corrected chi connectivity index (χ1v) is 8.14. The summed E-state index contributed by atoms with van der Waals surface area (Å²) in [5.41, 5.74) is 0.302. The lowest BCUT2D eigenvalue weighted by Crippen LogP contribution is -2.35. The molecule has 1 aromatic heterocycles. The summed E-state index contributed by atoms with van der Waals surface area (Å²) in [5, 5.41) is 2.57. The Bertz CT molecular complexity index is 710. The standard InChI is InChI=1S/C18H22F3N3O/c1-3-4-11-24(13-16-9-6-10-23(16)2)17(25)22-15-8-5-7-14(12-15)18(19,20)21/h5-10,12H,3-4,11,13H2,1-2H3,(H,22,25). The van der Waals surface area contributed by atoms with Gasteiger partial charge in [-0.3, -0.25) is 0 Å². The molecule has 0 aliphatic heterocycles. The van der Waals surface area contributed by atoms with E-state index < -0.39 is 17.8 Å². The molecule has 2 aromatic rings. The van der Waals surface area contributed by atoms with Gasteiger partial charge in [0.2, 0.25) is 0 Å². The van der Waals surface area contributed by atoms with Gasteiger partial charge in [0.25, 0.3) is 0 Å². The van der Waals surface area contributed by atoms with E-state index in [1.54, 1.807) is 4.90 Å². The van der Waals surface area contributed by atoms with E-state index in [4.69, 9.17) is 0 Å². The smallest absolute Gasteiger partial charge is 0.353 e. The van der Waals surface area contributed by atoms with Crippen LogP contribution in [0.1, 0.15) is 31.0 Å². The zero-order chi connectivity index (χ0) is 18.4. The molecular weight excluding hydrogens is 331 g/mol. The lowest BCUT2D eigenvalue weighted by Gasteiger charge is -2.23. The maximum absolute atomic E-state index is 12.8. The number of unbranched alkanes of at least 4 members (excludes halogenated alkanes) is 1. The molecule has 0 aliphatic carbocycles. The van der Waals surface area contributed by atoms with Gasteiger partial charge in [-0.15, -0.1) is 0 Å². The van der Waals surface area contributed by atoms with Crippen molar-refractivity contribution < 1.29 is 18.0 Å². The Labute approximate surface area is 145 Å². The van der Waals surface area contributed by atoms with E-state index in [0.717, 1.165) is 30.7 Å². The van der Waals surface area contributed by atoms with Gasteiger partial charge in [-0.1, -0.05) is 19.4 Å². The molecule has 0 bridgehead atoms. The molecule has 0 unspecified atom stereocenters. The van der Waals surface area contributed by atoms with Crippen molar-refractivity contribution in [3.63, 3.8) is 0 Å². The highest BCUT2D eigenvalue weighted by Crippen LogP contribution is 2.30. The minimum atomic E-state index is -4.44. The molecule has 0 saturated heterocycles. The lowest BCUT2D eigenvalue weighted by molar-refractivity contribution is -0.137. The average molecular weight is 353 g/mol. The first-order chi connectivity index (χ1) is 11.8. The van der Waals surface area contributed by atoms with E-state index in [9.17, 15) is 18.0 Å². The number of hydrogen-bond acceptors (Lipinski definition) is 1. The highest BCUT2D eigenvalue weighted by molar-refractivity contribution is 5.89. The molecule has 0 saturated carbocycles. The number of aryl methyl sites for hydroxylation is 1. The number of carbonyl (C=O) groups excluding carboxylic acids is 1. The number of anilines is 1. The first kappa shape index (κ1) is 18.9. The zero-order valence-corrected chi connectivity index (χ0v) is 14.3. The highest BCUT2D eigenvalue weighted by Gasteiger charge is 2.30. The Morgan fingerprint density at radius 2 is 2.00 bits per heavy atom. The normalized spacial score (nSPS) is 11.4. The Morgan fingerprint density at radius 3 is 2.60 bits per heavy atom. The Morgan fingerprint density at radius 1 is 1.24 bits per heavy atom. The number of alkyl halides is 3. The van der Waals surface area contributed by atoms with Crippen molar-refractivity contribution in [2.75, 3.05) is 11.9 Å². The number of halogens is 3. The van der Waals surface area contributed by atoms with Crippen LogP contribution in [0.15, 0.2) is 42.6 Å². The van der Waals surface area contributed by atoms with Crippen molar-refractivity contribution in [2.45, 2.75) is 32.5 Å². The third-order valence-corrected chi connectivity index (χ3v) is 3.91. The summed E-state index contributed by atoms with van der Waals surface area (Å²) < 4.78 is 40.3. The van der Waals surface area contributed by atoms with Crippen molar-refractivity contribution in [2.24, 2.45) is 7.05 Å². The molecule has 0 spiro atoms. The molecule has 0 radical (unpaired) electrons. The van der Waals surface area contributed by atoms with Crippen LogP contribution in [0.3, 0.4) is 0 Å². The van der Waals surface area contributed by atoms with Gasteiger partial charge in [0, 0.05) is 31.2 Å². The monoisotopic (exact) mass is 353 g/mol. The number of amides is 2. The number of hydrogen-bond donors (Lipinski definition) is 1. The summed E-state index contributed by atoms with van der Waals surface area (Å²) in [5.74, 6) is 0. The largest absolute Gasteiger partial charge is 0.416 e. The number of carbonyl (C=O) groups is 1. The van der Waals surface area contributed by atoms with Crippen LogP contribution in [-0.2, 0) is 19.8 Å². The summed E-state index contributed by atoms with van der Waals surface area (Å²) in [6.07, 6.45) is -0.815. The van der Waals surface area contributed by atoms with Crippen molar-refractivity contribution in [1.29, 1.82) is 0 Å². The van der Waals surface area contributed by atoms with Crippen LogP contribution in [0.4, 0.5) is 23.7 Å². The van der Waals surface area contributed by atoms with Crippen LogP contribution in [0.5, 0.6) is 0 Å². The molecule has 2 rings (SSSR count). The maximum Gasteiger partial charge on any atom is 0.416 e. The number of nitrogens with zero attached hydrogens (tertiary/aromatic N) is 2. The predicted molar refractivity (Wildman–Crippen MR) is 91.2 cm³/mol. The molecule has 25 heavy (non-hydrogen) atoms. The van der Waals surface area contributed by atoms with Crippen LogP contribution in [-0.4, -0.2) is 22.0 Å². The van der Waals surface area contributed by atoms with Gasteiger partial charge < -0.3 is 14.8 Å². The van der Waals surface area contributed by atoms with Crippen LogP contribution >= 0.6 is 0 Å². The zero-order valence-electron chi connectivity index (χ0n) is 14.3. The van der Waals surface area contributed by atoms with Crippen LogP contribution in [0, 0.1) is 0 Å². The molecule has 0 fully saturated rings. The number of nitrogens with one attached hydrogen (secondary N) is 1. The van der Waals surface area contributed by atoms with Gasteiger partial charge in [-0.2, -0.15) is 13.2 Å². The fourth-order valence-electron chi connectivity index (χ4n) is 2.43. The molecule has 1 aromatic carbocycles. The van der Waals surface area contributed by atoms with Crippen molar-refractivity contribution >= 4 is 11.7 Å². The van der Waals surface area contributed by atoms with Crippen molar-refractivity contribution in [3.8, 4) is 0 Å². The van der Waals surface area contributed by atoms with Crippen LogP contribution in [0.25, 0.3) is 0 Å². The summed E-state index contributed by atoms with van der Waals surface area (Å²) in [6, 6.07) is 8.05. The van der Waals surface area contributed by atoms with E-state index >= 15 is 0 Å². The molecule has 1 heterocycles. The SMILES string of the molecule is CCCCN(Cc1cccn1C)C(=O)Nc1cccc(C(F)(F)F)c1. The fourth-order valence-corrected chi connectivity index (χ4v) is 2.43. The van der Waals surface area contributed by atoms with E-state index in [0.29, 0.717) is 13.1 Å². The third kappa shape index (κ3) is 5.27. The number of urea groups is 1. The van der Waals surface area contributed by atoms with Crippen LogP contribution < -0.4 is 5.32 Å². The Hall–Kier alpha value is -2.44. The van der Waals surface area contributed by atoms with E-state index in [2.05, 4.69) is 5.32 Å². The molecule has 0 aliphatic rings. The molecular formula is C18H22F3N3O. The van der Waals surface area contributed by atoms with Gasteiger partial charge in [0.05, 0.1) is 12.1 Å². The minimum absolute atomic E-state index is 0.133. The predicted octanol–water partition coefficient (Wildman–Crippen LogP) is 4.88. The Kier molecular flexibility index (Phi) is 6.12. The topological polar surface area (TPSA) is 37.3 Å². The Balaban J connectivity index is 2.12. The highest BCUT2D eigenvalue weighted by atomic mass is 19.4. The van der Waals surface area contributed by atoms with Gasteiger partial charge in [0.15, 0.2) is 0 Å². The van der Waals surface area contributed by atoms with E-state index in [1.807, 2.05) is 36.9 Å². The molecule has 0 atom stereocenters. The first-order valence-electron chi connectivity index (χ1n) is 8.14. The summed E-state index contributed by atoms with van der Waals surface area (Å²) in [6.45, 7) is 2.95. The average Bonchev–Trinajstić information content (AvgIpc) is 2.95. The van der Waals surface area contributed by atoms with Crippen molar-refractivity contribution in [3.05, 3.63) is 53.9 Å². The molecule has 4 nitrogen and oxygen atoms in total. The number of benzene rings is 1. The molecule has 1 N–H and O–H groups in total. The van der Waals surface area contributed by atoms with Gasteiger partial charge in [-0.25, -0.2) is 4.79 Å². The van der Waals surface area contributed by atoms with Gasteiger partial charge in [-0.05, 0) is 36.8 Å². The molecule has 136 valence electrons. The van der Waals surface area contributed by atoms with E-state index in [-0.39, 0.29) is 5.69 Å². The third-order valence-electron chi connectivity index (χ3n) is 3.91. The maximum atomic E-state index is 12.8. The molecule has 7 heteroatoms. The lowest BCUT2D eigenvalue weighted by atomic mass is 10.2. The fraction of sp³-hybridized carbons (Fsp3) is 0.389. The number of rotatable bonds is 6. The second kappa shape index (κ2) is 8.09. The van der Waals surface area contributed by atoms with Crippen molar-refractivity contribution in [1.82, 2.24) is 9.47 Å². The summed E-state index contributed by atoms with van der Waals surface area (Å²) in [4.78, 5) is 14.2.